The third kappa shape index (κ3) is 2.62. The first-order valence-corrected chi connectivity index (χ1v) is 6.47. The molecule has 2 aromatic carbocycles. The van der Waals surface area contributed by atoms with Crippen LogP contribution in [0.2, 0.25) is 0 Å². The summed E-state index contributed by atoms with van der Waals surface area (Å²) in [6.07, 6.45) is 0. The summed E-state index contributed by atoms with van der Waals surface area (Å²) in [5.74, 6) is 2.16. The maximum Gasteiger partial charge on any atom is 0.188 e. The first-order valence-electron chi connectivity index (χ1n) is 5.67. The SMILES string of the molecule is COCOc1cccc2c(OC)c(Br)cc(OC)c12. The highest BCUT2D eigenvalue weighted by Gasteiger charge is 2.15. The van der Waals surface area contributed by atoms with Crippen molar-refractivity contribution in [1.82, 2.24) is 0 Å². The monoisotopic (exact) mass is 326 g/mol. The summed E-state index contributed by atoms with van der Waals surface area (Å²) < 4.78 is 22.2. The predicted octanol–water partition coefficient (Wildman–Crippen LogP) is 3.60. The van der Waals surface area contributed by atoms with E-state index in [0.717, 1.165) is 26.7 Å². The number of methoxy groups -OCH3 is 3. The Labute approximate surface area is 120 Å². The van der Waals surface area contributed by atoms with E-state index in [4.69, 9.17) is 18.9 Å². The molecule has 0 fully saturated rings. The molecule has 0 radical (unpaired) electrons. The van der Waals surface area contributed by atoms with Gasteiger partial charge in [-0.25, -0.2) is 0 Å². The number of benzene rings is 2. The van der Waals surface area contributed by atoms with Gasteiger partial charge in [-0.05, 0) is 28.1 Å². The third-order valence-electron chi connectivity index (χ3n) is 2.75. The number of halogens is 1. The van der Waals surface area contributed by atoms with Crippen molar-refractivity contribution in [3.63, 3.8) is 0 Å². The van der Waals surface area contributed by atoms with E-state index >= 15 is 0 Å². The van der Waals surface area contributed by atoms with Gasteiger partial charge in [0.05, 0.1) is 24.1 Å². The maximum atomic E-state index is 5.58. The van der Waals surface area contributed by atoms with Crippen LogP contribution in [0.4, 0.5) is 0 Å². The lowest BCUT2D eigenvalue weighted by Crippen LogP contribution is -2.00. The second kappa shape index (κ2) is 6.12. The molecule has 19 heavy (non-hydrogen) atoms. The topological polar surface area (TPSA) is 36.9 Å². The van der Waals surface area contributed by atoms with Crippen LogP contribution in [-0.4, -0.2) is 28.1 Å². The van der Waals surface area contributed by atoms with Crippen LogP contribution in [-0.2, 0) is 4.74 Å². The molecule has 0 aliphatic heterocycles. The van der Waals surface area contributed by atoms with Gasteiger partial charge < -0.3 is 18.9 Å². The zero-order valence-corrected chi connectivity index (χ0v) is 12.6. The molecule has 0 aliphatic rings. The smallest absolute Gasteiger partial charge is 0.188 e. The zero-order valence-electron chi connectivity index (χ0n) is 11.0. The van der Waals surface area contributed by atoms with Gasteiger partial charge in [-0.15, -0.1) is 0 Å². The molecule has 2 aromatic rings. The lowest BCUT2D eigenvalue weighted by Gasteiger charge is -2.15. The molecular formula is C14H15BrO4. The molecule has 0 heterocycles. The van der Waals surface area contributed by atoms with Gasteiger partial charge >= 0.3 is 0 Å². The molecule has 0 aromatic heterocycles. The lowest BCUT2D eigenvalue weighted by molar-refractivity contribution is 0.0521. The average Bonchev–Trinajstić information content (AvgIpc) is 2.43. The van der Waals surface area contributed by atoms with Crippen LogP contribution in [0.5, 0.6) is 17.2 Å². The van der Waals surface area contributed by atoms with Crippen LogP contribution in [0.15, 0.2) is 28.7 Å². The minimum absolute atomic E-state index is 0.181. The van der Waals surface area contributed by atoms with Crippen molar-refractivity contribution >= 4 is 26.7 Å². The van der Waals surface area contributed by atoms with Crippen LogP contribution in [0.1, 0.15) is 0 Å². The molecule has 0 aliphatic carbocycles. The first kappa shape index (κ1) is 14.0. The van der Waals surface area contributed by atoms with Gasteiger partial charge in [-0.2, -0.15) is 0 Å². The van der Waals surface area contributed by atoms with Gasteiger partial charge in [0.1, 0.15) is 17.2 Å². The quantitative estimate of drug-likeness (QED) is 0.787. The van der Waals surface area contributed by atoms with Crippen molar-refractivity contribution in [1.29, 1.82) is 0 Å². The van der Waals surface area contributed by atoms with Gasteiger partial charge in [0, 0.05) is 12.5 Å². The van der Waals surface area contributed by atoms with E-state index in [-0.39, 0.29) is 6.79 Å². The van der Waals surface area contributed by atoms with E-state index in [1.165, 1.54) is 0 Å². The Morgan fingerprint density at radius 2 is 1.84 bits per heavy atom. The van der Waals surface area contributed by atoms with E-state index in [2.05, 4.69) is 15.9 Å². The second-order valence-corrected chi connectivity index (χ2v) is 4.68. The first-order chi connectivity index (χ1) is 9.22. The van der Waals surface area contributed by atoms with E-state index in [1.54, 1.807) is 21.3 Å². The number of ether oxygens (including phenoxy) is 4. The Bertz CT molecular complexity index is 583. The highest BCUT2D eigenvalue weighted by molar-refractivity contribution is 9.10. The highest BCUT2D eigenvalue weighted by atomic mass is 79.9. The van der Waals surface area contributed by atoms with Crippen LogP contribution < -0.4 is 14.2 Å². The fourth-order valence-electron chi connectivity index (χ4n) is 1.97. The second-order valence-electron chi connectivity index (χ2n) is 3.82. The largest absolute Gasteiger partial charge is 0.496 e. The lowest BCUT2D eigenvalue weighted by atomic mass is 10.1. The fourth-order valence-corrected chi connectivity index (χ4v) is 2.55. The summed E-state index contributed by atoms with van der Waals surface area (Å²) in [7, 11) is 4.84. The summed E-state index contributed by atoms with van der Waals surface area (Å²) >= 11 is 3.48. The van der Waals surface area contributed by atoms with Gasteiger partial charge in [-0.3, -0.25) is 0 Å². The molecule has 4 nitrogen and oxygen atoms in total. The van der Waals surface area contributed by atoms with E-state index < -0.39 is 0 Å². The van der Waals surface area contributed by atoms with Gasteiger partial charge in [-0.1, -0.05) is 12.1 Å². The Balaban J connectivity index is 2.71. The number of fused-ring (bicyclic) bond motifs is 1. The number of hydrogen-bond donors (Lipinski definition) is 0. The molecule has 0 bridgehead atoms. The molecule has 0 unspecified atom stereocenters. The molecule has 0 N–H and O–H groups in total. The van der Waals surface area contributed by atoms with Crippen molar-refractivity contribution in [3.8, 4) is 17.2 Å². The minimum Gasteiger partial charge on any atom is -0.496 e. The van der Waals surface area contributed by atoms with E-state index in [0.29, 0.717) is 5.75 Å². The molecule has 0 amide bonds. The van der Waals surface area contributed by atoms with Gasteiger partial charge in [0.25, 0.3) is 0 Å². The van der Waals surface area contributed by atoms with Crippen molar-refractivity contribution in [2.24, 2.45) is 0 Å². The fraction of sp³-hybridized carbons (Fsp3) is 0.286. The summed E-state index contributed by atoms with van der Waals surface area (Å²) in [4.78, 5) is 0. The van der Waals surface area contributed by atoms with Crippen molar-refractivity contribution in [3.05, 3.63) is 28.7 Å². The predicted molar refractivity (Wildman–Crippen MR) is 77.3 cm³/mol. The molecule has 0 saturated heterocycles. The third-order valence-corrected chi connectivity index (χ3v) is 3.34. The van der Waals surface area contributed by atoms with Crippen molar-refractivity contribution < 1.29 is 18.9 Å². The molecular weight excluding hydrogens is 312 g/mol. The molecule has 102 valence electrons. The molecule has 2 rings (SSSR count). The van der Waals surface area contributed by atoms with Crippen molar-refractivity contribution in [2.45, 2.75) is 0 Å². The van der Waals surface area contributed by atoms with Crippen LogP contribution in [0, 0.1) is 0 Å². The highest BCUT2D eigenvalue weighted by Crippen LogP contribution is 2.43. The Morgan fingerprint density at radius 1 is 1.05 bits per heavy atom. The van der Waals surface area contributed by atoms with Crippen molar-refractivity contribution in [2.75, 3.05) is 28.1 Å². The van der Waals surface area contributed by atoms with Crippen LogP contribution >= 0.6 is 15.9 Å². The normalized spacial score (nSPS) is 10.5. The van der Waals surface area contributed by atoms with E-state index in [1.807, 2.05) is 24.3 Å². The molecule has 0 saturated carbocycles. The van der Waals surface area contributed by atoms with E-state index in [9.17, 15) is 0 Å². The standard InChI is InChI=1S/C14H15BrO4/c1-16-8-19-11-6-4-5-9-13(11)12(17-2)7-10(15)14(9)18-3/h4-7H,8H2,1-3H3. The molecule has 0 spiro atoms. The van der Waals surface area contributed by atoms with Crippen LogP contribution in [0.25, 0.3) is 10.8 Å². The number of hydrogen-bond acceptors (Lipinski definition) is 4. The number of rotatable bonds is 5. The van der Waals surface area contributed by atoms with Gasteiger partial charge in [0.15, 0.2) is 6.79 Å². The van der Waals surface area contributed by atoms with Gasteiger partial charge in [0.2, 0.25) is 0 Å². The summed E-state index contributed by atoms with van der Waals surface area (Å²) in [5, 5.41) is 1.78. The minimum atomic E-state index is 0.181. The summed E-state index contributed by atoms with van der Waals surface area (Å²) in [6, 6.07) is 7.60. The Morgan fingerprint density at radius 3 is 2.47 bits per heavy atom. The Kier molecular flexibility index (Phi) is 4.50. The Hall–Kier alpha value is -1.46. The maximum absolute atomic E-state index is 5.58. The average molecular weight is 327 g/mol. The molecule has 5 heteroatoms. The molecule has 0 atom stereocenters. The summed E-state index contributed by atoms with van der Waals surface area (Å²) in [5.41, 5.74) is 0. The summed E-state index contributed by atoms with van der Waals surface area (Å²) in [6.45, 7) is 0.181. The zero-order chi connectivity index (χ0) is 13.8. The van der Waals surface area contributed by atoms with Crippen LogP contribution in [0.3, 0.4) is 0 Å².